The van der Waals surface area contributed by atoms with Crippen molar-refractivity contribution in [1.82, 2.24) is 4.90 Å². The molecule has 0 saturated carbocycles. The van der Waals surface area contributed by atoms with Crippen LogP contribution in [0.15, 0.2) is 18.2 Å². The lowest BCUT2D eigenvalue weighted by Crippen LogP contribution is -2.43. The van der Waals surface area contributed by atoms with E-state index in [1.807, 2.05) is 4.90 Å². The molecule has 104 valence electrons. The van der Waals surface area contributed by atoms with E-state index in [0.29, 0.717) is 15.8 Å². The van der Waals surface area contributed by atoms with Gasteiger partial charge in [0.2, 0.25) is 0 Å². The molecule has 0 aromatic heterocycles. The minimum absolute atomic E-state index is 0.0192. The Morgan fingerprint density at radius 3 is 2.58 bits per heavy atom. The fourth-order valence-electron chi connectivity index (χ4n) is 2.18. The van der Waals surface area contributed by atoms with Gasteiger partial charge in [-0.05, 0) is 44.4 Å². The molecule has 2 rings (SSSR count). The molecule has 0 radical (unpaired) electrons. The van der Waals surface area contributed by atoms with Crippen LogP contribution in [0, 0.1) is 0 Å². The zero-order valence-corrected chi connectivity index (χ0v) is 12.4. The summed E-state index contributed by atoms with van der Waals surface area (Å²) in [4.78, 5) is 14.1. The van der Waals surface area contributed by atoms with Crippen LogP contribution >= 0.6 is 23.2 Å². The Morgan fingerprint density at radius 2 is 1.95 bits per heavy atom. The van der Waals surface area contributed by atoms with Crippen molar-refractivity contribution in [3.8, 4) is 5.75 Å². The lowest BCUT2D eigenvalue weighted by atomic mass is 10.1. The third-order valence-corrected chi connectivity index (χ3v) is 3.74. The number of benzene rings is 1. The molecule has 19 heavy (non-hydrogen) atoms. The first-order chi connectivity index (χ1) is 9.08. The summed E-state index contributed by atoms with van der Waals surface area (Å²) in [5.74, 6) is 0.509. The Kier molecular flexibility index (Phi) is 4.94. The van der Waals surface area contributed by atoms with Gasteiger partial charge in [-0.3, -0.25) is 4.79 Å². The number of halogens is 2. The van der Waals surface area contributed by atoms with Crippen molar-refractivity contribution in [2.24, 2.45) is 0 Å². The third kappa shape index (κ3) is 3.77. The molecule has 1 heterocycles. The first kappa shape index (κ1) is 14.5. The second kappa shape index (κ2) is 6.49. The molecule has 1 saturated heterocycles. The fraction of sp³-hybridized carbons (Fsp3) is 0.500. The number of rotatable bonds is 3. The van der Waals surface area contributed by atoms with E-state index in [0.717, 1.165) is 25.9 Å². The molecule has 1 aliphatic rings. The Hall–Kier alpha value is -0.930. The van der Waals surface area contributed by atoms with E-state index in [-0.39, 0.29) is 5.91 Å². The molecule has 1 atom stereocenters. The number of hydrogen-bond acceptors (Lipinski definition) is 2. The summed E-state index contributed by atoms with van der Waals surface area (Å²) in [5, 5.41) is 0.971. The third-order valence-electron chi connectivity index (χ3n) is 3.21. The maximum Gasteiger partial charge on any atom is 0.263 e. The van der Waals surface area contributed by atoms with Gasteiger partial charge in [0.15, 0.2) is 6.10 Å². The molecular formula is C14H17Cl2NO2. The zero-order chi connectivity index (χ0) is 13.8. The van der Waals surface area contributed by atoms with E-state index in [1.165, 1.54) is 6.42 Å². The minimum Gasteiger partial charge on any atom is -0.479 e. The van der Waals surface area contributed by atoms with E-state index in [9.17, 15) is 4.79 Å². The Labute approximate surface area is 123 Å². The van der Waals surface area contributed by atoms with Gasteiger partial charge in [-0.2, -0.15) is 0 Å². The summed E-state index contributed by atoms with van der Waals surface area (Å²) >= 11 is 11.9. The summed E-state index contributed by atoms with van der Waals surface area (Å²) in [7, 11) is 0. The van der Waals surface area contributed by atoms with Crippen molar-refractivity contribution in [3.05, 3.63) is 28.2 Å². The molecular weight excluding hydrogens is 285 g/mol. The van der Waals surface area contributed by atoms with Gasteiger partial charge in [0.05, 0.1) is 5.02 Å². The molecule has 0 unspecified atom stereocenters. The molecule has 1 fully saturated rings. The lowest BCUT2D eigenvalue weighted by Gasteiger charge is -2.29. The number of amides is 1. The molecule has 0 N–H and O–H groups in total. The number of ether oxygens (including phenoxy) is 1. The second-order valence-corrected chi connectivity index (χ2v) is 5.56. The number of carbonyl (C=O) groups is 1. The van der Waals surface area contributed by atoms with Crippen molar-refractivity contribution in [2.75, 3.05) is 13.1 Å². The van der Waals surface area contributed by atoms with Gasteiger partial charge in [0.25, 0.3) is 5.91 Å². The van der Waals surface area contributed by atoms with Gasteiger partial charge in [0, 0.05) is 18.1 Å². The maximum absolute atomic E-state index is 12.2. The molecule has 5 heteroatoms. The summed E-state index contributed by atoms with van der Waals surface area (Å²) in [6.45, 7) is 3.39. The van der Waals surface area contributed by atoms with E-state index in [4.69, 9.17) is 27.9 Å². The highest BCUT2D eigenvalue weighted by molar-refractivity contribution is 6.35. The summed E-state index contributed by atoms with van der Waals surface area (Å²) in [6, 6.07) is 4.99. The largest absolute Gasteiger partial charge is 0.479 e. The summed E-state index contributed by atoms with van der Waals surface area (Å²) in [6.07, 6.45) is 2.80. The number of nitrogens with zero attached hydrogens (tertiary/aromatic N) is 1. The SMILES string of the molecule is C[C@@H](Oc1ccc(Cl)cc1Cl)C(=O)N1CCCCC1. The second-order valence-electron chi connectivity index (χ2n) is 4.72. The molecule has 1 amide bonds. The quantitative estimate of drug-likeness (QED) is 0.850. The maximum atomic E-state index is 12.2. The average Bonchev–Trinajstić information content (AvgIpc) is 2.42. The molecule has 1 aromatic rings. The van der Waals surface area contributed by atoms with Crippen molar-refractivity contribution >= 4 is 29.1 Å². The molecule has 0 bridgehead atoms. The van der Waals surface area contributed by atoms with Crippen LogP contribution in [0.5, 0.6) is 5.75 Å². The van der Waals surface area contributed by atoms with Crippen LogP contribution < -0.4 is 4.74 Å². The Balaban J connectivity index is 1.99. The number of likely N-dealkylation sites (tertiary alicyclic amines) is 1. The Morgan fingerprint density at radius 1 is 1.26 bits per heavy atom. The first-order valence-electron chi connectivity index (χ1n) is 6.48. The van der Waals surface area contributed by atoms with Crippen LogP contribution in [-0.2, 0) is 4.79 Å². The molecule has 1 aromatic carbocycles. The average molecular weight is 302 g/mol. The van der Waals surface area contributed by atoms with Crippen LogP contribution in [0.1, 0.15) is 26.2 Å². The normalized spacial score (nSPS) is 17.1. The van der Waals surface area contributed by atoms with Crippen LogP contribution in [0.3, 0.4) is 0 Å². The highest BCUT2D eigenvalue weighted by Crippen LogP contribution is 2.28. The van der Waals surface area contributed by atoms with Crippen LogP contribution in [-0.4, -0.2) is 30.0 Å². The van der Waals surface area contributed by atoms with Crippen molar-refractivity contribution in [2.45, 2.75) is 32.3 Å². The zero-order valence-electron chi connectivity index (χ0n) is 10.9. The number of hydrogen-bond donors (Lipinski definition) is 0. The first-order valence-corrected chi connectivity index (χ1v) is 7.24. The number of carbonyl (C=O) groups excluding carboxylic acids is 1. The van der Waals surface area contributed by atoms with E-state index in [2.05, 4.69) is 0 Å². The van der Waals surface area contributed by atoms with Crippen LogP contribution in [0.2, 0.25) is 10.0 Å². The van der Waals surface area contributed by atoms with E-state index >= 15 is 0 Å². The Bertz CT molecular complexity index is 459. The highest BCUT2D eigenvalue weighted by atomic mass is 35.5. The van der Waals surface area contributed by atoms with Gasteiger partial charge in [-0.15, -0.1) is 0 Å². The van der Waals surface area contributed by atoms with Crippen molar-refractivity contribution in [1.29, 1.82) is 0 Å². The fourth-order valence-corrected chi connectivity index (χ4v) is 2.64. The highest BCUT2D eigenvalue weighted by Gasteiger charge is 2.23. The number of piperidine rings is 1. The molecule has 0 spiro atoms. The van der Waals surface area contributed by atoms with Crippen LogP contribution in [0.25, 0.3) is 0 Å². The van der Waals surface area contributed by atoms with E-state index in [1.54, 1.807) is 25.1 Å². The van der Waals surface area contributed by atoms with Crippen molar-refractivity contribution in [3.63, 3.8) is 0 Å². The van der Waals surface area contributed by atoms with Gasteiger partial charge < -0.3 is 9.64 Å². The summed E-state index contributed by atoms with van der Waals surface area (Å²) in [5.41, 5.74) is 0. The molecule has 0 aliphatic carbocycles. The lowest BCUT2D eigenvalue weighted by molar-refractivity contribution is -0.138. The summed E-state index contributed by atoms with van der Waals surface area (Å²) < 4.78 is 5.63. The molecule has 1 aliphatic heterocycles. The predicted molar refractivity (Wildman–Crippen MR) is 77.0 cm³/mol. The monoisotopic (exact) mass is 301 g/mol. The van der Waals surface area contributed by atoms with Crippen LogP contribution in [0.4, 0.5) is 0 Å². The smallest absolute Gasteiger partial charge is 0.263 e. The van der Waals surface area contributed by atoms with Gasteiger partial charge in [-0.25, -0.2) is 0 Å². The topological polar surface area (TPSA) is 29.5 Å². The van der Waals surface area contributed by atoms with Gasteiger partial charge in [0.1, 0.15) is 5.75 Å². The van der Waals surface area contributed by atoms with E-state index < -0.39 is 6.10 Å². The minimum atomic E-state index is -0.531. The van der Waals surface area contributed by atoms with Gasteiger partial charge >= 0.3 is 0 Å². The standard InChI is InChI=1S/C14H17Cl2NO2/c1-10(14(18)17-7-3-2-4-8-17)19-13-6-5-11(15)9-12(13)16/h5-6,9-10H,2-4,7-8H2,1H3/t10-/m1/s1. The van der Waals surface area contributed by atoms with Crippen molar-refractivity contribution < 1.29 is 9.53 Å². The predicted octanol–water partition coefficient (Wildman–Crippen LogP) is 3.77. The van der Waals surface area contributed by atoms with Gasteiger partial charge in [-0.1, -0.05) is 23.2 Å². The molecule has 3 nitrogen and oxygen atoms in total.